The minimum atomic E-state index is -2.68. The van der Waals surface area contributed by atoms with E-state index in [0.717, 1.165) is 10.6 Å². The van der Waals surface area contributed by atoms with Gasteiger partial charge in [0.2, 0.25) is 0 Å². The molecule has 2 aromatic rings. The number of ether oxygens (including phenoxy) is 2. The highest BCUT2D eigenvalue weighted by Gasteiger charge is 2.35. The number of benzene rings is 2. The summed E-state index contributed by atoms with van der Waals surface area (Å²) in [6.45, 7) is 3.15. The Labute approximate surface area is 131 Å². The molecule has 4 heteroatoms. The van der Waals surface area contributed by atoms with Crippen molar-refractivity contribution in [3.05, 3.63) is 60.7 Å². The molecule has 0 aromatic heterocycles. The van der Waals surface area contributed by atoms with E-state index in [1.54, 1.807) is 0 Å². The molecule has 0 bridgehead atoms. The first kappa shape index (κ1) is 15.5. The summed E-state index contributed by atoms with van der Waals surface area (Å²) in [6.07, 6.45) is 1.16. The maximum atomic E-state index is 13.8. The average molecular weight is 316 g/mol. The molecule has 0 saturated carbocycles. The van der Waals surface area contributed by atoms with Gasteiger partial charge in [-0.25, -0.2) is 0 Å². The van der Waals surface area contributed by atoms with Gasteiger partial charge >= 0.3 is 0 Å². The molecule has 3 rings (SSSR count). The molecule has 1 heterocycles. The van der Waals surface area contributed by atoms with Crippen molar-refractivity contribution < 1.29 is 14.0 Å². The smallest absolute Gasteiger partial charge is 0.166 e. The van der Waals surface area contributed by atoms with Crippen LogP contribution < -0.4 is 10.6 Å². The molecule has 116 valence electrons. The second-order valence-corrected chi connectivity index (χ2v) is 8.67. The lowest BCUT2D eigenvalue weighted by Gasteiger charge is -2.26. The Hall–Kier alpha value is -1.41. The average Bonchev–Trinajstić information content (AvgIpc) is 3.01. The zero-order chi connectivity index (χ0) is 15.5. The first-order valence-corrected chi connectivity index (χ1v) is 9.50. The van der Waals surface area contributed by atoms with Crippen molar-refractivity contribution in [1.82, 2.24) is 0 Å². The van der Waals surface area contributed by atoms with E-state index in [4.69, 9.17) is 9.47 Å². The lowest BCUT2D eigenvalue weighted by molar-refractivity contribution is -0.142. The molecule has 1 aliphatic heterocycles. The summed E-state index contributed by atoms with van der Waals surface area (Å²) in [5, 5.41) is 1.78. The topological polar surface area (TPSA) is 35.5 Å². The van der Waals surface area contributed by atoms with Crippen molar-refractivity contribution in [3.8, 4) is 0 Å². The van der Waals surface area contributed by atoms with Gasteiger partial charge in [-0.05, 0) is 6.92 Å². The van der Waals surface area contributed by atoms with Crippen LogP contribution in [0.25, 0.3) is 0 Å². The minimum Gasteiger partial charge on any atom is -0.348 e. The summed E-state index contributed by atoms with van der Waals surface area (Å²) >= 11 is 0. The highest BCUT2D eigenvalue weighted by molar-refractivity contribution is 7.78. The molecular weight excluding hydrogens is 295 g/mol. The molecule has 0 aliphatic carbocycles. The van der Waals surface area contributed by atoms with Crippen molar-refractivity contribution in [1.29, 1.82) is 0 Å². The van der Waals surface area contributed by atoms with E-state index in [0.29, 0.717) is 25.8 Å². The Morgan fingerprint density at radius 1 is 0.909 bits per heavy atom. The fourth-order valence-corrected chi connectivity index (χ4v) is 5.65. The van der Waals surface area contributed by atoms with Gasteiger partial charge < -0.3 is 14.0 Å². The van der Waals surface area contributed by atoms with Crippen LogP contribution in [0.1, 0.15) is 13.3 Å². The SMILES string of the molecule is CC1(CCP(=O)(c2ccccc2)c2ccccc2)OCCO1. The third kappa shape index (κ3) is 3.17. The maximum Gasteiger partial charge on any atom is 0.166 e. The van der Waals surface area contributed by atoms with Crippen LogP contribution in [0.4, 0.5) is 0 Å². The van der Waals surface area contributed by atoms with Crippen LogP contribution in [0.2, 0.25) is 0 Å². The Morgan fingerprint density at radius 2 is 1.36 bits per heavy atom. The molecule has 22 heavy (non-hydrogen) atoms. The van der Waals surface area contributed by atoms with E-state index in [9.17, 15) is 4.57 Å². The Balaban J connectivity index is 1.92. The van der Waals surface area contributed by atoms with Crippen molar-refractivity contribution in [2.75, 3.05) is 19.4 Å². The molecule has 0 radical (unpaired) electrons. The molecule has 1 fully saturated rings. The van der Waals surface area contributed by atoms with Crippen LogP contribution in [-0.2, 0) is 14.0 Å². The molecule has 3 nitrogen and oxygen atoms in total. The molecule has 0 spiro atoms. The standard InChI is InChI=1S/C18H21O3P/c1-18(20-13-14-21-18)12-15-22(19,16-8-4-2-5-9-16)17-10-6-3-7-11-17/h2-11H,12-15H2,1H3. The van der Waals surface area contributed by atoms with E-state index < -0.39 is 12.9 Å². The fraction of sp³-hybridized carbons (Fsp3) is 0.333. The molecule has 0 amide bonds. The van der Waals surface area contributed by atoms with Gasteiger partial charge in [0.1, 0.15) is 7.14 Å². The first-order valence-electron chi connectivity index (χ1n) is 7.61. The summed E-state index contributed by atoms with van der Waals surface area (Å²) in [6, 6.07) is 19.5. The molecule has 0 unspecified atom stereocenters. The van der Waals surface area contributed by atoms with Gasteiger partial charge in [0.15, 0.2) is 5.79 Å². The fourth-order valence-electron chi connectivity index (χ4n) is 2.81. The quantitative estimate of drug-likeness (QED) is 0.795. The monoisotopic (exact) mass is 316 g/mol. The van der Waals surface area contributed by atoms with Crippen LogP contribution in [0.5, 0.6) is 0 Å². The van der Waals surface area contributed by atoms with E-state index in [-0.39, 0.29) is 0 Å². The normalized spacial score (nSPS) is 17.5. The zero-order valence-electron chi connectivity index (χ0n) is 12.8. The summed E-state index contributed by atoms with van der Waals surface area (Å²) in [4.78, 5) is 0. The van der Waals surface area contributed by atoms with Gasteiger partial charge in [0.05, 0.1) is 13.2 Å². The van der Waals surface area contributed by atoms with Gasteiger partial charge in [-0.15, -0.1) is 0 Å². The van der Waals surface area contributed by atoms with Crippen LogP contribution in [0, 0.1) is 0 Å². The van der Waals surface area contributed by atoms with Gasteiger partial charge in [0, 0.05) is 23.2 Å². The van der Waals surface area contributed by atoms with Crippen LogP contribution in [-0.4, -0.2) is 25.2 Å². The summed E-state index contributed by atoms with van der Waals surface area (Å²) in [7, 11) is -2.68. The molecule has 2 aromatic carbocycles. The van der Waals surface area contributed by atoms with E-state index in [1.165, 1.54) is 0 Å². The highest BCUT2D eigenvalue weighted by Crippen LogP contribution is 2.45. The van der Waals surface area contributed by atoms with Crippen LogP contribution in [0.3, 0.4) is 0 Å². The van der Waals surface area contributed by atoms with Crippen molar-refractivity contribution in [3.63, 3.8) is 0 Å². The van der Waals surface area contributed by atoms with Gasteiger partial charge in [-0.2, -0.15) is 0 Å². The van der Waals surface area contributed by atoms with E-state index in [2.05, 4.69) is 0 Å². The molecular formula is C18H21O3P. The number of hydrogen-bond donors (Lipinski definition) is 0. The second kappa shape index (κ2) is 6.37. The lowest BCUT2D eigenvalue weighted by Crippen LogP contribution is -2.29. The molecule has 0 N–H and O–H groups in total. The first-order chi connectivity index (χ1) is 10.6. The molecule has 1 aliphatic rings. The van der Waals surface area contributed by atoms with Crippen molar-refractivity contribution in [2.24, 2.45) is 0 Å². The molecule has 0 atom stereocenters. The zero-order valence-corrected chi connectivity index (χ0v) is 13.7. The third-order valence-electron chi connectivity index (χ3n) is 4.13. The molecule has 1 saturated heterocycles. The highest BCUT2D eigenvalue weighted by atomic mass is 31.2. The summed E-state index contributed by atoms with van der Waals surface area (Å²) in [5.74, 6) is -0.612. The third-order valence-corrected chi connectivity index (χ3v) is 7.24. The van der Waals surface area contributed by atoms with Gasteiger partial charge in [-0.3, -0.25) is 0 Å². The predicted octanol–water partition coefficient (Wildman–Crippen LogP) is 3.15. The van der Waals surface area contributed by atoms with Crippen molar-refractivity contribution in [2.45, 2.75) is 19.1 Å². The van der Waals surface area contributed by atoms with Crippen LogP contribution >= 0.6 is 7.14 Å². The van der Waals surface area contributed by atoms with Crippen LogP contribution in [0.15, 0.2) is 60.7 Å². The number of hydrogen-bond acceptors (Lipinski definition) is 3. The van der Waals surface area contributed by atoms with Gasteiger partial charge in [0.25, 0.3) is 0 Å². The van der Waals surface area contributed by atoms with E-state index >= 15 is 0 Å². The minimum absolute atomic E-state index is 0.539. The van der Waals surface area contributed by atoms with Gasteiger partial charge in [-0.1, -0.05) is 60.7 Å². The maximum absolute atomic E-state index is 13.8. The summed E-state index contributed by atoms with van der Waals surface area (Å²) < 4.78 is 25.1. The summed E-state index contributed by atoms with van der Waals surface area (Å²) in [5.41, 5.74) is 0. The Bertz CT molecular complexity index is 605. The lowest BCUT2D eigenvalue weighted by atomic mass is 10.2. The predicted molar refractivity (Wildman–Crippen MR) is 89.6 cm³/mol. The van der Waals surface area contributed by atoms with E-state index in [1.807, 2.05) is 67.6 Å². The largest absolute Gasteiger partial charge is 0.348 e. The van der Waals surface area contributed by atoms with Crippen molar-refractivity contribution >= 4 is 17.8 Å². The second-order valence-electron chi connectivity index (χ2n) is 5.72. The Kier molecular flexibility index (Phi) is 4.49. The number of rotatable bonds is 5. The Morgan fingerprint density at radius 3 is 1.82 bits per heavy atom.